The Kier molecular flexibility index (Phi) is 12.5. The number of β-amino-alcohol motifs (C(OH)–C–C–N with tert-alkyl or cyclic N) is 1. The van der Waals surface area contributed by atoms with E-state index in [4.69, 9.17) is 9.47 Å². The van der Waals surface area contributed by atoms with E-state index in [-0.39, 0.29) is 24.0 Å². The Morgan fingerprint density at radius 1 is 0.766 bits per heavy atom. The minimum absolute atomic E-state index is 0.0299. The summed E-state index contributed by atoms with van der Waals surface area (Å²) in [4.78, 5) is 27.8. The third kappa shape index (κ3) is 8.82. The van der Waals surface area contributed by atoms with Gasteiger partial charge in [0.25, 0.3) is 0 Å². The standard InChI is InChI=1S/C27H30N4O2S2.C22H24N4OS2/c1-27(2)20(9-11-31(27)12-14-33-25-5-3-4-13-32-25)24-16-19-21(8-10-28-26(19)35-24)30-18-6-7-23-22(15-18)29-17-34-23;1-22(2)16(6-8-26(22)9-10-27)20-12-15-17(5-7-23-21(15)29-20)25-14-3-4-19-18(11-14)24-13-28-19/h6-10,15-17,25H,3-5,11-14H2,1-2H3,(H,28,30);3-5,7,11-13,16,27H,6,8-10H2,1-2H3,(H,23,25). The minimum atomic E-state index is -0.0685. The van der Waals surface area contributed by atoms with E-state index >= 15 is 0 Å². The number of aliphatic hydroxyl groups is 1. The average Bonchev–Trinajstić information content (AvgIpc) is 4.16. The highest BCUT2D eigenvalue weighted by atomic mass is 32.1. The molecule has 3 aliphatic heterocycles. The Labute approximate surface area is 389 Å². The molecule has 0 spiro atoms. The Morgan fingerprint density at radius 2 is 1.44 bits per heavy atom. The van der Waals surface area contributed by atoms with E-state index in [9.17, 15) is 5.11 Å². The SMILES string of the molecule is CC1(C)C(c2cc3c(Nc4ccc5scnc5c4)ccnc3s2)=CCN1CCOC1CCCCO1.CC1(C)C(c2cc3c(Nc4ccc5scnc5c4)ccnc3s2)CCN1CCO. The number of thiazole rings is 2. The molecule has 3 N–H and O–H groups in total. The summed E-state index contributed by atoms with van der Waals surface area (Å²) in [6, 6.07) is 21.3. The Morgan fingerprint density at radius 3 is 2.09 bits per heavy atom. The summed E-state index contributed by atoms with van der Waals surface area (Å²) in [7, 11) is 0. The molecular formula is C49H54N8O3S4. The van der Waals surface area contributed by atoms with E-state index in [1.54, 1.807) is 45.3 Å². The number of rotatable bonds is 12. The zero-order valence-corrected chi connectivity index (χ0v) is 39.9. The zero-order chi connectivity index (χ0) is 43.8. The van der Waals surface area contributed by atoms with E-state index in [2.05, 4.69) is 129 Å². The largest absolute Gasteiger partial charge is 0.395 e. The van der Waals surface area contributed by atoms with Gasteiger partial charge in [-0.1, -0.05) is 6.08 Å². The molecule has 0 aliphatic carbocycles. The van der Waals surface area contributed by atoms with Crippen molar-refractivity contribution in [2.45, 2.75) is 76.7 Å². The molecule has 2 saturated heterocycles. The van der Waals surface area contributed by atoms with Crippen molar-refractivity contribution < 1.29 is 14.6 Å². The van der Waals surface area contributed by atoms with Crippen molar-refractivity contribution in [1.82, 2.24) is 29.7 Å². The summed E-state index contributed by atoms with van der Waals surface area (Å²) in [6.07, 6.45) is 10.6. The molecule has 64 heavy (non-hydrogen) atoms. The average molecular weight is 931 g/mol. The number of nitrogens with zero attached hydrogens (tertiary/aromatic N) is 6. The molecule has 3 aliphatic rings. The van der Waals surface area contributed by atoms with Gasteiger partial charge < -0.3 is 25.2 Å². The number of pyridine rings is 2. The molecule has 2 atom stereocenters. The molecule has 2 unspecified atom stereocenters. The van der Waals surface area contributed by atoms with Crippen LogP contribution < -0.4 is 10.6 Å². The van der Waals surface area contributed by atoms with E-state index in [1.165, 1.54) is 36.5 Å². The van der Waals surface area contributed by atoms with Crippen LogP contribution in [0.2, 0.25) is 0 Å². The summed E-state index contributed by atoms with van der Waals surface area (Å²) in [6.45, 7) is 14.5. The lowest BCUT2D eigenvalue weighted by Crippen LogP contribution is -2.42. The number of hydrogen-bond donors (Lipinski definition) is 3. The molecule has 11 rings (SSSR count). The van der Waals surface area contributed by atoms with Gasteiger partial charge in [-0.05, 0) is 126 Å². The lowest BCUT2D eigenvalue weighted by atomic mass is 9.87. The molecule has 0 saturated carbocycles. The number of thiophene rings is 2. The number of aromatic nitrogens is 4. The molecule has 6 aromatic heterocycles. The Balaban J connectivity index is 0.000000154. The summed E-state index contributed by atoms with van der Waals surface area (Å²) in [5.41, 5.74) is 11.4. The van der Waals surface area contributed by atoms with Crippen LogP contribution in [0.15, 0.2) is 90.2 Å². The first-order valence-corrected chi connectivity index (χ1v) is 25.6. The van der Waals surface area contributed by atoms with E-state index < -0.39 is 0 Å². The molecule has 11 nitrogen and oxygen atoms in total. The van der Waals surface area contributed by atoms with Gasteiger partial charge in [-0.2, -0.15) is 0 Å². The predicted molar refractivity (Wildman–Crippen MR) is 268 cm³/mol. The summed E-state index contributed by atoms with van der Waals surface area (Å²) < 4.78 is 14.1. The maximum Gasteiger partial charge on any atom is 0.157 e. The van der Waals surface area contributed by atoms with Gasteiger partial charge in [0, 0.05) is 87.5 Å². The molecule has 0 radical (unpaired) electrons. The first-order chi connectivity index (χ1) is 31.1. The number of anilines is 4. The van der Waals surface area contributed by atoms with Gasteiger partial charge in [0.2, 0.25) is 0 Å². The molecule has 0 bridgehead atoms. The fourth-order valence-electron chi connectivity index (χ4n) is 9.52. The van der Waals surface area contributed by atoms with Crippen LogP contribution in [0.5, 0.6) is 0 Å². The van der Waals surface area contributed by atoms with E-state index in [0.717, 1.165) is 101 Å². The summed E-state index contributed by atoms with van der Waals surface area (Å²) in [5.74, 6) is 0.451. The van der Waals surface area contributed by atoms with Crippen LogP contribution in [-0.4, -0.2) is 98.2 Å². The zero-order valence-electron chi connectivity index (χ0n) is 36.7. The van der Waals surface area contributed by atoms with Crippen molar-refractivity contribution in [2.75, 3.05) is 56.6 Å². The van der Waals surface area contributed by atoms with Gasteiger partial charge in [-0.25, -0.2) is 19.9 Å². The predicted octanol–water partition coefficient (Wildman–Crippen LogP) is 11.9. The number of fused-ring (bicyclic) bond motifs is 4. The highest BCUT2D eigenvalue weighted by molar-refractivity contribution is 7.20. The van der Waals surface area contributed by atoms with Gasteiger partial charge in [0.1, 0.15) is 9.66 Å². The van der Waals surface area contributed by atoms with Crippen LogP contribution >= 0.6 is 45.3 Å². The summed E-state index contributed by atoms with van der Waals surface area (Å²) >= 11 is 6.88. The van der Waals surface area contributed by atoms with Gasteiger partial charge in [-0.3, -0.25) is 9.80 Å². The fourth-order valence-corrected chi connectivity index (χ4v) is 13.4. The molecule has 9 heterocycles. The topological polar surface area (TPSA) is 121 Å². The van der Waals surface area contributed by atoms with Crippen LogP contribution in [0.1, 0.15) is 69.1 Å². The second kappa shape index (κ2) is 18.5. The lowest BCUT2D eigenvalue weighted by Gasteiger charge is -2.35. The van der Waals surface area contributed by atoms with Crippen LogP contribution in [0.3, 0.4) is 0 Å². The fraction of sp³-hybridized carbons (Fsp3) is 0.388. The van der Waals surface area contributed by atoms with Crippen molar-refractivity contribution in [1.29, 1.82) is 0 Å². The normalized spacial score (nSPS) is 20.0. The number of aliphatic hydroxyl groups excluding tert-OH is 1. The minimum Gasteiger partial charge on any atom is -0.395 e. The third-order valence-electron chi connectivity index (χ3n) is 13.2. The lowest BCUT2D eigenvalue weighted by molar-refractivity contribution is -0.164. The summed E-state index contributed by atoms with van der Waals surface area (Å²) in [5, 5.41) is 18.9. The number of nitrogens with one attached hydrogen (secondary N) is 2. The van der Waals surface area contributed by atoms with Gasteiger partial charge in [0.15, 0.2) is 6.29 Å². The quantitative estimate of drug-likeness (QED) is 0.109. The Bertz CT molecular complexity index is 2930. The highest BCUT2D eigenvalue weighted by Gasteiger charge is 2.42. The Hall–Kier alpha value is -4.42. The van der Waals surface area contributed by atoms with Crippen molar-refractivity contribution >= 4 is 115 Å². The van der Waals surface area contributed by atoms with Crippen LogP contribution in [-0.2, 0) is 9.47 Å². The second-order valence-corrected chi connectivity index (χ2v) is 21.6. The van der Waals surface area contributed by atoms with Crippen molar-refractivity contribution in [2.24, 2.45) is 0 Å². The van der Waals surface area contributed by atoms with Crippen LogP contribution in [0.25, 0.3) is 46.4 Å². The number of benzene rings is 2. The molecule has 15 heteroatoms. The maximum absolute atomic E-state index is 9.40. The molecule has 2 aromatic carbocycles. The van der Waals surface area contributed by atoms with Crippen LogP contribution in [0.4, 0.5) is 22.7 Å². The maximum atomic E-state index is 9.40. The molecule has 2 fully saturated rings. The van der Waals surface area contributed by atoms with Gasteiger partial charge >= 0.3 is 0 Å². The number of likely N-dealkylation sites (tertiary alicyclic amines) is 1. The van der Waals surface area contributed by atoms with E-state index in [1.807, 2.05) is 29.5 Å². The molecule has 8 aromatic rings. The first kappa shape index (κ1) is 43.5. The first-order valence-electron chi connectivity index (χ1n) is 22.2. The van der Waals surface area contributed by atoms with Crippen molar-refractivity contribution in [3.05, 3.63) is 99.9 Å². The van der Waals surface area contributed by atoms with Gasteiger partial charge in [0.05, 0.1) is 56.0 Å². The van der Waals surface area contributed by atoms with E-state index in [0.29, 0.717) is 12.5 Å². The number of hydrogen-bond acceptors (Lipinski definition) is 15. The molecular weight excluding hydrogens is 877 g/mol. The number of ether oxygens (including phenoxy) is 2. The van der Waals surface area contributed by atoms with Crippen LogP contribution in [0, 0.1) is 0 Å². The van der Waals surface area contributed by atoms with Crippen molar-refractivity contribution in [3.63, 3.8) is 0 Å². The third-order valence-corrected chi connectivity index (χ3v) is 17.1. The van der Waals surface area contributed by atoms with Gasteiger partial charge in [-0.15, -0.1) is 45.3 Å². The molecule has 0 amide bonds. The monoisotopic (exact) mass is 930 g/mol. The smallest absolute Gasteiger partial charge is 0.157 e. The molecule has 332 valence electrons. The second-order valence-electron chi connectivity index (χ2n) is 17.7. The highest BCUT2D eigenvalue weighted by Crippen LogP contribution is 2.47. The van der Waals surface area contributed by atoms with Crippen molar-refractivity contribution in [3.8, 4) is 0 Å².